The summed E-state index contributed by atoms with van der Waals surface area (Å²) >= 11 is 1.38. The molecule has 0 aliphatic heterocycles. The van der Waals surface area contributed by atoms with Crippen LogP contribution in [0.2, 0.25) is 0 Å². The Kier molecular flexibility index (Phi) is 4.55. The number of nitrogens with zero attached hydrogens (tertiary/aromatic N) is 2. The first-order chi connectivity index (χ1) is 13.1. The van der Waals surface area contributed by atoms with E-state index in [-0.39, 0.29) is 24.3 Å². The molecule has 0 unspecified atom stereocenters. The van der Waals surface area contributed by atoms with Crippen molar-refractivity contribution in [3.05, 3.63) is 58.5 Å². The highest BCUT2D eigenvalue weighted by molar-refractivity contribution is 7.22. The molecule has 0 aliphatic carbocycles. The first kappa shape index (κ1) is 17.2. The monoisotopic (exact) mass is 380 g/mol. The Morgan fingerprint density at radius 2 is 2.04 bits per heavy atom. The van der Waals surface area contributed by atoms with Gasteiger partial charge in [0, 0.05) is 12.8 Å². The lowest BCUT2D eigenvalue weighted by molar-refractivity contribution is -0.116. The van der Waals surface area contributed by atoms with Crippen molar-refractivity contribution in [3.63, 3.8) is 0 Å². The van der Waals surface area contributed by atoms with Gasteiger partial charge in [-0.15, -0.1) is 0 Å². The number of H-pyrrole nitrogens is 1. The van der Waals surface area contributed by atoms with Crippen molar-refractivity contribution in [1.82, 2.24) is 15.0 Å². The van der Waals surface area contributed by atoms with E-state index in [0.717, 1.165) is 16.0 Å². The molecule has 136 valence electrons. The average molecular weight is 380 g/mol. The number of nitrogens with one attached hydrogen (secondary N) is 2. The number of rotatable bonds is 5. The molecule has 2 N–H and O–H groups in total. The van der Waals surface area contributed by atoms with Crippen molar-refractivity contribution in [2.24, 2.45) is 0 Å². The van der Waals surface area contributed by atoms with E-state index in [0.29, 0.717) is 21.9 Å². The molecule has 2 aromatic carbocycles. The molecule has 0 saturated carbocycles. The van der Waals surface area contributed by atoms with Crippen molar-refractivity contribution in [2.45, 2.75) is 12.8 Å². The minimum atomic E-state index is -0.270. The Labute approximate surface area is 158 Å². The molecular weight excluding hydrogens is 364 g/mol. The van der Waals surface area contributed by atoms with Gasteiger partial charge in [0.1, 0.15) is 11.4 Å². The van der Waals surface area contributed by atoms with E-state index < -0.39 is 0 Å². The molecular formula is C19H16N4O3S. The average Bonchev–Trinajstić information content (AvgIpc) is 3.07. The van der Waals surface area contributed by atoms with Crippen molar-refractivity contribution in [2.75, 3.05) is 12.4 Å². The number of aromatic nitrogens is 3. The summed E-state index contributed by atoms with van der Waals surface area (Å²) in [7, 11) is 1.60. The molecule has 4 aromatic rings. The predicted molar refractivity (Wildman–Crippen MR) is 105 cm³/mol. The van der Waals surface area contributed by atoms with E-state index in [9.17, 15) is 9.59 Å². The topological polar surface area (TPSA) is 97.0 Å². The van der Waals surface area contributed by atoms with E-state index in [1.807, 2.05) is 36.4 Å². The zero-order valence-corrected chi connectivity index (χ0v) is 15.3. The molecule has 0 atom stereocenters. The zero-order chi connectivity index (χ0) is 18.8. The third-order valence-corrected chi connectivity index (χ3v) is 5.03. The lowest BCUT2D eigenvalue weighted by Gasteiger charge is -2.03. The molecule has 4 rings (SSSR count). The lowest BCUT2D eigenvalue weighted by Crippen LogP contribution is -2.18. The van der Waals surface area contributed by atoms with Crippen LogP contribution in [0.3, 0.4) is 0 Å². The Morgan fingerprint density at radius 1 is 1.19 bits per heavy atom. The van der Waals surface area contributed by atoms with Crippen molar-refractivity contribution in [3.8, 4) is 5.75 Å². The minimum Gasteiger partial charge on any atom is -0.497 e. The second-order valence-electron chi connectivity index (χ2n) is 5.93. The Bertz CT molecular complexity index is 1200. The van der Waals surface area contributed by atoms with Gasteiger partial charge in [-0.05, 0) is 30.3 Å². The van der Waals surface area contributed by atoms with Gasteiger partial charge in [0.05, 0.1) is 28.4 Å². The number of aromatic amines is 1. The van der Waals surface area contributed by atoms with Gasteiger partial charge in [-0.2, -0.15) is 0 Å². The number of benzene rings is 2. The van der Waals surface area contributed by atoms with Gasteiger partial charge in [0.25, 0.3) is 5.56 Å². The summed E-state index contributed by atoms with van der Waals surface area (Å²) in [5.74, 6) is 0.529. The quantitative estimate of drug-likeness (QED) is 0.554. The van der Waals surface area contributed by atoms with Crippen molar-refractivity contribution >= 4 is 43.6 Å². The summed E-state index contributed by atoms with van der Waals surface area (Å²) < 4.78 is 6.12. The summed E-state index contributed by atoms with van der Waals surface area (Å²) in [6.07, 6.45) is 0.401. The van der Waals surface area contributed by atoms with Crippen LogP contribution in [0.15, 0.2) is 47.3 Å². The maximum Gasteiger partial charge on any atom is 0.270 e. The smallest absolute Gasteiger partial charge is 0.270 e. The molecule has 0 radical (unpaired) electrons. The number of para-hydroxylation sites is 2. The molecule has 0 fully saturated rings. The van der Waals surface area contributed by atoms with Crippen molar-refractivity contribution < 1.29 is 9.53 Å². The minimum absolute atomic E-state index is 0.146. The van der Waals surface area contributed by atoms with Gasteiger partial charge in [0.15, 0.2) is 5.13 Å². The first-order valence-corrected chi connectivity index (χ1v) is 9.16. The standard InChI is InChI=1S/C19H16N4O3S/c1-26-11-6-7-14-16(10-11)27-19(22-14)23-17(24)9-8-15-18(25)21-13-5-3-2-4-12(13)20-15/h2-7,10H,8-9H2,1H3,(H,21,25)(H,22,23,24). The van der Waals surface area contributed by atoms with Crippen LogP contribution < -0.4 is 15.6 Å². The molecule has 0 saturated heterocycles. The molecule has 8 heteroatoms. The lowest BCUT2D eigenvalue weighted by atomic mass is 10.2. The Hall–Kier alpha value is -3.26. The molecule has 27 heavy (non-hydrogen) atoms. The van der Waals surface area contributed by atoms with Crippen LogP contribution in [0.25, 0.3) is 21.3 Å². The molecule has 0 spiro atoms. The fourth-order valence-corrected chi connectivity index (χ4v) is 3.65. The van der Waals surface area contributed by atoms with Crippen LogP contribution in [0.1, 0.15) is 12.1 Å². The number of hydrogen-bond acceptors (Lipinski definition) is 6. The predicted octanol–water partition coefficient (Wildman–Crippen LogP) is 3.11. The number of carbonyl (C=O) groups is 1. The number of fused-ring (bicyclic) bond motifs is 2. The second-order valence-corrected chi connectivity index (χ2v) is 6.96. The number of ether oxygens (including phenoxy) is 1. The summed E-state index contributed by atoms with van der Waals surface area (Å²) in [5, 5.41) is 3.30. The van der Waals surface area contributed by atoms with Crippen molar-refractivity contribution in [1.29, 1.82) is 0 Å². The molecule has 0 aliphatic rings. The Balaban J connectivity index is 1.45. The molecule has 2 aromatic heterocycles. The number of aryl methyl sites for hydroxylation is 1. The molecule has 7 nitrogen and oxygen atoms in total. The maximum absolute atomic E-state index is 12.3. The largest absolute Gasteiger partial charge is 0.497 e. The van der Waals surface area contributed by atoms with Gasteiger partial charge in [-0.1, -0.05) is 23.5 Å². The first-order valence-electron chi connectivity index (χ1n) is 8.35. The maximum atomic E-state index is 12.3. The fourth-order valence-electron chi connectivity index (χ4n) is 2.74. The van der Waals surface area contributed by atoms with Gasteiger partial charge < -0.3 is 15.0 Å². The fraction of sp³-hybridized carbons (Fsp3) is 0.158. The Morgan fingerprint density at radius 3 is 2.89 bits per heavy atom. The van der Waals surface area contributed by atoms with Crippen LogP contribution >= 0.6 is 11.3 Å². The summed E-state index contributed by atoms with van der Waals surface area (Å²) in [6, 6.07) is 12.9. The van der Waals surface area contributed by atoms with E-state index in [1.165, 1.54) is 11.3 Å². The summed E-state index contributed by atoms with van der Waals surface area (Å²) in [5.41, 5.74) is 2.25. The van der Waals surface area contributed by atoms with E-state index in [4.69, 9.17) is 4.74 Å². The van der Waals surface area contributed by atoms with Gasteiger partial charge in [-0.25, -0.2) is 9.97 Å². The third-order valence-electron chi connectivity index (χ3n) is 4.10. The number of thiazole rings is 1. The SMILES string of the molecule is COc1ccc2nc(NC(=O)CCc3nc4ccccc4[nH]c3=O)sc2c1. The molecule has 0 bridgehead atoms. The number of carbonyl (C=O) groups excluding carboxylic acids is 1. The van der Waals surface area contributed by atoms with Gasteiger partial charge in [-0.3, -0.25) is 9.59 Å². The van der Waals surface area contributed by atoms with Gasteiger partial charge in [0.2, 0.25) is 5.91 Å². The van der Waals surface area contributed by atoms with E-state index in [2.05, 4.69) is 20.3 Å². The second kappa shape index (κ2) is 7.16. The normalized spacial score (nSPS) is 11.0. The van der Waals surface area contributed by atoms with Crippen LogP contribution in [-0.4, -0.2) is 28.0 Å². The highest BCUT2D eigenvalue weighted by atomic mass is 32.1. The van der Waals surface area contributed by atoms with Crippen LogP contribution in [0.4, 0.5) is 5.13 Å². The van der Waals surface area contributed by atoms with Crippen LogP contribution in [0, 0.1) is 0 Å². The number of anilines is 1. The van der Waals surface area contributed by atoms with E-state index in [1.54, 1.807) is 13.2 Å². The van der Waals surface area contributed by atoms with Crippen LogP contribution in [0.5, 0.6) is 5.75 Å². The zero-order valence-electron chi connectivity index (χ0n) is 14.5. The molecule has 1 amide bonds. The number of hydrogen-bond donors (Lipinski definition) is 2. The highest BCUT2D eigenvalue weighted by Crippen LogP contribution is 2.29. The highest BCUT2D eigenvalue weighted by Gasteiger charge is 2.11. The molecule has 2 heterocycles. The third kappa shape index (κ3) is 3.65. The summed E-state index contributed by atoms with van der Waals surface area (Å²) in [4.78, 5) is 35.9. The summed E-state index contributed by atoms with van der Waals surface area (Å²) in [6.45, 7) is 0. The number of methoxy groups -OCH3 is 1. The van der Waals surface area contributed by atoms with E-state index >= 15 is 0 Å². The number of amides is 1. The van der Waals surface area contributed by atoms with Gasteiger partial charge >= 0.3 is 0 Å². The van der Waals surface area contributed by atoms with Crippen LogP contribution in [-0.2, 0) is 11.2 Å².